The molecule has 0 bridgehead atoms. The average Bonchev–Trinajstić information content (AvgIpc) is 2.27. The minimum Gasteiger partial charge on any atom is -0.384 e. The summed E-state index contributed by atoms with van der Waals surface area (Å²) >= 11 is 0. The standard InChI is InChI=1S/C11H14N4O2/c1-7(16)6-14-11(17)15-9-4-2-8(3-5-9)10(12)13/h2-5H,6H2,1H3,(H3,12,13)(H2,14,15,17). The quantitative estimate of drug-likeness (QED) is 0.454. The molecule has 0 saturated heterocycles. The van der Waals surface area contributed by atoms with Crippen molar-refractivity contribution in [2.75, 3.05) is 11.9 Å². The van der Waals surface area contributed by atoms with Crippen LogP contribution in [0.3, 0.4) is 0 Å². The van der Waals surface area contributed by atoms with Gasteiger partial charge in [0.25, 0.3) is 0 Å². The van der Waals surface area contributed by atoms with Gasteiger partial charge in [0, 0.05) is 11.3 Å². The van der Waals surface area contributed by atoms with Gasteiger partial charge in [-0.15, -0.1) is 0 Å². The van der Waals surface area contributed by atoms with Crippen LogP contribution in [-0.4, -0.2) is 24.2 Å². The van der Waals surface area contributed by atoms with Crippen LogP contribution in [0.15, 0.2) is 24.3 Å². The van der Waals surface area contributed by atoms with Crippen LogP contribution in [0.5, 0.6) is 0 Å². The number of rotatable bonds is 4. The van der Waals surface area contributed by atoms with Crippen LogP contribution in [0, 0.1) is 5.41 Å². The second kappa shape index (κ2) is 5.64. The first kappa shape index (κ1) is 12.7. The summed E-state index contributed by atoms with van der Waals surface area (Å²) in [6.45, 7) is 1.39. The van der Waals surface area contributed by atoms with E-state index in [1.807, 2.05) is 0 Å². The summed E-state index contributed by atoms with van der Waals surface area (Å²) in [7, 11) is 0. The Hall–Kier alpha value is -2.37. The van der Waals surface area contributed by atoms with Gasteiger partial charge in [-0.05, 0) is 31.2 Å². The molecule has 6 nitrogen and oxygen atoms in total. The van der Waals surface area contributed by atoms with Gasteiger partial charge >= 0.3 is 6.03 Å². The van der Waals surface area contributed by atoms with Crippen molar-refractivity contribution in [1.82, 2.24) is 5.32 Å². The fraction of sp³-hybridized carbons (Fsp3) is 0.182. The molecule has 90 valence electrons. The number of nitrogens with two attached hydrogens (primary N) is 1. The first-order valence-electron chi connectivity index (χ1n) is 4.98. The number of anilines is 1. The summed E-state index contributed by atoms with van der Waals surface area (Å²) in [5, 5.41) is 12.2. The molecule has 0 spiro atoms. The smallest absolute Gasteiger partial charge is 0.319 e. The zero-order valence-corrected chi connectivity index (χ0v) is 9.41. The van der Waals surface area contributed by atoms with Crippen LogP contribution in [0.1, 0.15) is 12.5 Å². The van der Waals surface area contributed by atoms with E-state index < -0.39 is 6.03 Å². The lowest BCUT2D eigenvalue weighted by atomic mass is 10.2. The molecule has 0 fully saturated rings. The summed E-state index contributed by atoms with van der Waals surface area (Å²) in [4.78, 5) is 21.9. The molecule has 1 aromatic rings. The Morgan fingerprint density at radius 2 is 1.88 bits per heavy atom. The Labute approximate surface area is 98.7 Å². The van der Waals surface area contributed by atoms with Crippen molar-refractivity contribution < 1.29 is 9.59 Å². The molecule has 5 N–H and O–H groups in total. The number of hydrogen-bond donors (Lipinski definition) is 4. The highest BCUT2D eigenvalue weighted by Gasteiger charge is 2.02. The Balaban J connectivity index is 2.54. The number of benzene rings is 1. The van der Waals surface area contributed by atoms with Gasteiger partial charge in [0.05, 0.1) is 6.54 Å². The second-order valence-corrected chi connectivity index (χ2v) is 3.50. The fourth-order valence-electron chi connectivity index (χ4n) is 1.11. The molecule has 0 aliphatic carbocycles. The number of Topliss-reactive ketones (excluding diaryl/α,β-unsaturated/α-hetero) is 1. The first-order chi connectivity index (χ1) is 7.99. The van der Waals surface area contributed by atoms with Crippen molar-refractivity contribution in [3.63, 3.8) is 0 Å². The molecule has 0 aromatic heterocycles. The lowest BCUT2D eigenvalue weighted by Gasteiger charge is -2.06. The van der Waals surface area contributed by atoms with Crippen LogP contribution >= 0.6 is 0 Å². The van der Waals surface area contributed by atoms with E-state index >= 15 is 0 Å². The van der Waals surface area contributed by atoms with E-state index in [2.05, 4.69) is 10.6 Å². The Bertz CT molecular complexity index is 439. The zero-order chi connectivity index (χ0) is 12.8. The van der Waals surface area contributed by atoms with Gasteiger partial charge in [-0.1, -0.05) is 0 Å². The molecule has 0 heterocycles. The molecule has 1 aromatic carbocycles. The van der Waals surface area contributed by atoms with Crippen molar-refractivity contribution in [2.45, 2.75) is 6.92 Å². The molecule has 0 aliphatic heterocycles. The third-order valence-electron chi connectivity index (χ3n) is 1.95. The minimum atomic E-state index is -0.448. The Kier molecular flexibility index (Phi) is 4.21. The summed E-state index contributed by atoms with van der Waals surface area (Å²) < 4.78 is 0. The number of hydrogen-bond acceptors (Lipinski definition) is 3. The van der Waals surface area contributed by atoms with Crippen molar-refractivity contribution in [3.05, 3.63) is 29.8 Å². The molecule has 6 heteroatoms. The number of amidine groups is 1. The highest BCUT2D eigenvalue weighted by Crippen LogP contribution is 2.08. The first-order valence-corrected chi connectivity index (χ1v) is 4.98. The van der Waals surface area contributed by atoms with Gasteiger partial charge in [0.2, 0.25) is 0 Å². The number of nitrogens with one attached hydrogen (secondary N) is 3. The van der Waals surface area contributed by atoms with E-state index in [4.69, 9.17) is 11.1 Å². The fourth-order valence-corrected chi connectivity index (χ4v) is 1.11. The Morgan fingerprint density at radius 3 is 2.35 bits per heavy atom. The number of carbonyl (C=O) groups excluding carboxylic acids is 2. The molecular formula is C11H14N4O2. The number of urea groups is 1. The largest absolute Gasteiger partial charge is 0.384 e. The van der Waals surface area contributed by atoms with Crippen LogP contribution in [0.4, 0.5) is 10.5 Å². The third-order valence-corrected chi connectivity index (χ3v) is 1.95. The minimum absolute atomic E-state index is 0.00262. The van der Waals surface area contributed by atoms with E-state index in [-0.39, 0.29) is 18.2 Å². The topological polar surface area (TPSA) is 108 Å². The summed E-state index contributed by atoms with van der Waals surface area (Å²) in [6, 6.07) is 6.07. The average molecular weight is 234 g/mol. The SMILES string of the molecule is CC(=O)CNC(=O)Nc1ccc(C(=N)N)cc1. The van der Waals surface area contributed by atoms with E-state index in [0.29, 0.717) is 11.3 Å². The van der Waals surface area contributed by atoms with Gasteiger partial charge in [0.15, 0.2) is 0 Å². The highest BCUT2D eigenvalue weighted by molar-refractivity contribution is 5.96. The van der Waals surface area contributed by atoms with Crippen LogP contribution in [0.25, 0.3) is 0 Å². The summed E-state index contributed by atoms with van der Waals surface area (Å²) in [6.07, 6.45) is 0. The molecular weight excluding hydrogens is 220 g/mol. The maximum atomic E-state index is 11.3. The maximum absolute atomic E-state index is 11.3. The van der Waals surface area contributed by atoms with Crippen molar-refractivity contribution in [2.24, 2.45) is 5.73 Å². The van der Waals surface area contributed by atoms with E-state index in [1.165, 1.54) is 6.92 Å². The third kappa shape index (κ3) is 4.33. The monoisotopic (exact) mass is 234 g/mol. The molecule has 2 amide bonds. The predicted octanol–water partition coefficient (Wildman–Crippen LogP) is 0.681. The molecule has 17 heavy (non-hydrogen) atoms. The van der Waals surface area contributed by atoms with E-state index in [1.54, 1.807) is 24.3 Å². The number of carbonyl (C=O) groups is 2. The predicted molar refractivity (Wildman–Crippen MR) is 65.2 cm³/mol. The lowest BCUT2D eigenvalue weighted by Crippen LogP contribution is -2.32. The van der Waals surface area contributed by atoms with E-state index in [0.717, 1.165) is 0 Å². The van der Waals surface area contributed by atoms with Crippen LogP contribution in [-0.2, 0) is 4.79 Å². The highest BCUT2D eigenvalue weighted by atomic mass is 16.2. The van der Waals surface area contributed by atoms with Crippen molar-refractivity contribution in [3.8, 4) is 0 Å². The maximum Gasteiger partial charge on any atom is 0.319 e. The number of ketones is 1. The van der Waals surface area contributed by atoms with Gasteiger partial charge in [-0.25, -0.2) is 4.79 Å². The van der Waals surface area contributed by atoms with Gasteiger partial charge < -0.3 is 16.4 Å². The second-order valence-electron chi connectivity index (χ2n) is 3.50. The molecule has 0 saturated carbocycles. The molecule has 0 atom stereocenters. The Morgan fingerprint density at radius 1 is 1.29 bits per heavy atom. The van der Waals surface area contributed by atoms with Crippen LogP contribution in [0.2, 0.25) is 0 Å². The molecule has 0 aliphatic rings. The molecule has 1 rings (SSSR count). The van der Waals surface area contributed by atoms with Gasteiger partial charge in [-0.2, -0.15) is 0 Å². The summed E-state index contributed by atoms with van der Waals surface area (Å²) in [5.74, 6) is -0.148. The normalized spacial score (nSPS) is 9.47. The van der Waals surface area contributed by atoms with Gasteiger partial charge in [0.1, 0.15) is 11.6 Å². The number of amides is 2. The van der Waals surface area contributed by atoms with E-state index in [9.17, 15) is 9.59 Å². The van der Waals surface area contributed by atoms with Crippen molar-refractivity contribution in [1.29, 1.82) is 5.41 Å². The number of nitrogen functional groups attached to an aromatic ring is 1. The molecule has 0 radical (unpaired) electrons. The molecule has 0 unspecified atom stereocenters. The van der Waals surface area contributed by atoms with Gasteiger partial charge in [-0.3, -0.25) is 10.2 Å². The van der Waals surface area contributed by atoms with Crippen LogP contribution < -0.4 is 16.4 Å². The lowest BCUT2D eigenvalue weighted by molar-refractivity contribution is -0.116. The van der Waals surface area contributed by atoms with Crippen molar-refractivity contribution >= 4 is 23.3 Å². The summed E-state index contributed by atoms with van der Waals surface area (Å²) in [5.41, 5.74) is 6.44. The zero-order valence-electron chi connectivity index (χ0n) is 9.41.